The van der Waals surface area contributed by atoms with Crippen LogP contribution in [0.3, 0.4) is 0 Å². The molecule has 14 heteroatoms. The van der Waals surface area contributed by atoms with E-state index in [1.165, 1.54) is 0 Å². The van der Waals surface area contributed by atoms with Gasteiger partial charge in [-0.1, -0.05) is 35.3 Å². The molecule has 2 unspecified atom stereocenters. The van der Waals surface area contributed by atoms with Gasteiger partial charge in [0, 0.05) is 60.0 Å². The van der Waals surface area contributed by atoms with E-state index in [9.17, 15) is 9.59 Å². The average molecular weight is 759 g/mol. The smallest absolute Gasteiger partial charge is 0.444 e. The highest BCUT2D eigenvalue weighted by atomic mass is 79.9. The summed E-state index contributed by atoms with van der Waals surface area (Å²) in [6.45, 7) is 15.2. The zero-order chi connectivity index (χ0) is 36.5. The quantitative estimate of drug-likeness (QED) is 0.175. The number of carbonyl (C=O) groups is 1. The number of likely N-dealkylation sites (tertiary alicyclic amines) is 1. The van der Waals surface area contributed by atoms with Crippen LogP contribution < -0.4 is 11.2 Å². The highest BCUT2D eigenvalue weighted by Gasteiger charge is 2.57. The first-order chi connectivity index (χ1) is 24.1. The van der Waals surface area contributed by atoms with Crippen molar-refractivity contribution in [2.75, 3.05) is 13.1 Å². The summed E-state index contributed by atoms with van der Waals surface area (Å²) in [5.74, 6) is 0.0550. The van der Waals surface area contributed by atoms with E-state index in [-0.39, 0.29) is 23.7 Å². The fourth-order valence-corrected chi connectivity index (χ4v) is 7.85. The minimum atomic E-state index is -0.659. The number of aryl methyl sites for hydroxylation is 2. The first kappa shape index (κ1) is 35.4. The van der Waals surface area contributed by atoms with E-state index < -0.39 is 23.9 Å². The third-order valence-electron chi connectivity index (χ3n) is 10.6. The number of hydrogen-bond donors (Lipinski definition) is 0. The Bertz CT molecular complexity index is 2170. The monoisotopic (exact) mass is 757 g/mol. The lowest BCUT2D eigenvalue weighted by Gasteiger charge is -2.42. The van der Waals surface area contributed by atoms with E-state index in [1.54, 1.807) is 22.0 Å². The average Bonchev–Trinajstić information content (AvgIpc) is 3.67. The second-order valence-corrected chi connectivity index (χ2v) is 16.4. The maximum Gasteiger partial charge on any atom is 0.496 e. The Balaban J connectivity index is 1.16. The van der Waals surface area contributed by atoms with Gasteiger partial charge in [-0.15, -0.1) is 0 Å². The number of imidazole rings is 1. The topological polar surface area (TPSA) is 119 Å². The van der Waals surface area contributed by atoms with Crippen LogP contribution in [0, 0.1) is 5.92 Å². The minimum Gasteiger partial charge on any atom is -0.444 e. The molecule has 0 N–H and O–H groups in total. The van der Waals surface area contributed by atoms with E-state index in [4.69, 9.17) is 19.0 Å². The maximum atomic E-state index is 14.4. The minimum absolute atomic E-state index is 0.0550. The van der Waals surface area contributed by atoms with E-state index in [2.05, 4.69) is 53.7 Å². The van der Waals surface area contributed by atoms with Gasteiger partial charge in [-0.3, -0.25) is 23.8 Å². The molecule has 268 valence electrons. The number of pyridine rings is 2. The molecular weight excluding hydrogens is 713 g/mol. The number of fused-ring (bicyclic) bond motifs is 3. The van der Waals surface area contributed by atoms with Gasteiger partial charge in [-0.25, -0.2) is 9.59 Å². The molecule has 1 amide bonds. The third kappa shape index (κ3) is 6.39. The van der Waals surface area contributed by atoms with Crippen LogP contribution in [-0.4, -0.2) is 76.9 Å². The largest absolute Gasteiger partial charge is 0.496 e. The van der Waals surface area contributed by atoms with Gasteiger partial charge in [0.1, 0.15) is 5.60 Å². The first-order valence-electron chi connectivity index (χ1n) is 17.6. The van der Waals surface area contributed by atoms with Gasteiger partial charge in [0.25, 0.3) is 0 Å². The molecule has 2 atom stereocenters. The highest BCUT2D eigenvalue weighted by Crippen LogP contribution is 2.45. The summed E-state index contributed by atoms with van der Waals surface area (Å²) in [4.78, 5) is 38.3. The van der Waals surface area contributed by atoms with E-state index in [1.807, 2.05) is 79.7 Å². The van der Waals surface area contributed by atoms with Gasteiger partial charge < -0.3 is 18.9 Å². The van der Waals surface area contributed by atoms with Gasteiger partial charge in [0.2, 0.25) is 0 Å². The summed E-state index contributed by atoms with van der Waals surface area (Å²) < 4.78 is 25.4. The van der Waals surface area contributed by atoms with Crippen LogP contribution >= 0.6 is 15.9 Å². The molecular formula is C37H45BBrN7O5. The van der Waals surface area contributed by atoms with E-state index in [0.717, 1.165) is 49.6 Å². The fraction of sp³-hybridized carbons (Fsp3) is 0.486. The summed E-state index contributed by atoms with van der Waals surface area (Å²) >= 11 is 3.62. The number of rotatable bonds is 8. The van der Waals surface area contributed by atoms with Gasteiger partial charge in [-0.05, 0) is 78.1 Å². The molecule has 0 aliphatic carbocycles. The number of aromatic nitrogens is 6. The Morgan fingerprint density at radius 3 is 2.51 bits per heavy atom. The van der Waals surface area contributed by atoms with Crippen LogP contribution in [0.5, 0.6) is 0 Å². The molecule has 51 heavy (non-hydrogen) atoms. The Labute approximate surface area is 306 Å². The maximum absolute atomic E-state index is 14.4. The number of benzene rings is 1. The van der Waals surface area contributed by atoms with Crippen molar-refractivity contribution in [1.82, 2.24) is 33.8 Å². The number of hydrogen-bond acceptors (Lipinski definition) is 8. The molecule has 2 fully saturated rings. The second-order valence-electron chi connectivity index (χ2n) is 15.5. The fourth-order valence-electron chi connectivity index (χ4n) is 7.49. The molecule has 0 saturated carbocycles. The third-order valence-corrected chi connectivity index (χ3v) is 11.1. The van der Waals surface area contributed by atoms with Crippen molar-refractivity contribution in [2.45, 2.75) is 90.7 Å². The standard InChI is InChI=1S/C37H45BBrN7O5/c1-9-24(37(7)36(5,6)50-38(51-37)25-10-12-29(40-18-25)23-17-42-43(8)20-23)14-15-45-31-19-41-30-13-11-26(39)16-28(30)32(31)46(33(45)47)27-21-44(22-27)34(48)49-35(2,3)4/h10-13,16-20,24,27H,9,14-15,21-22H2,1-8H3. The molecule has 2 aliphatic heterocycles. The summed E-state index contributed by atoms with van der Waals surface area (Å²) in [6.07, 6.45) is 8.46. The van der Waals surface area contributed by atoms with Crippen molar-refractivity contribution in [3.8, 4) is 11.3 Å². The molecule has 1 aromatic carbocycles. The molecule has 6 heterocycles. The summed E-state index contributed by atoms with van der Waals surface area (Å²) in [6, 6.07) is 9.68. The van der Waals surface area contributed by atoms with E-state index >= 15 is 0 Å². The van der Waals surface area contributed by atoms with E-state index in [0.29, 0.717) is 26.1 Å². The molecule has 4 aromatic heterocycles. The number of halogens is 1. The molecule has 7 rings (SSSR count). The van der Waals surface area contributed by atoms with Crippen LogP contribution in [0.25, 0.3) is 33.2 Å². The van der Waals surface area contributed by atoms with Gasteiger partial charge in [-0.2, -0.15) is 5.10 Å². The number of nitrogens with zero attached hydrogens (tertiary/aromatic N) is 7. The van der Waals surface area contributed by atoms with Crippen LogP contribution in [0.1, 0.15) is 67.3 Å². The van der Waals surface area contributed by atoms with Crippen LogP contribution in [0.2, 0.25) is 0 Å². The lowest BCUT2D eigenvalue weighted by atomic mass is 9.74. The summed E-state index contributed by atoms with van der Waals surface area (Å²) in [5, 5.41) is 5.14. The predicted molar refractivity (Wildman–Crippen MR) is 201 cm³/mol. The van der Waals surface area contributed by atoms with Gasteiger partial charge >= 0.3 is 18.9 Å². The second kappa shape index (κ2) is 12.9. The molecule has 0 spiro atoms. The SMILES string of the molecule is CCC(CCn1c(=O)n(C2CN(C(=O)OC(C)(C)C)C2)c2c3cc(Br)ccc3ncc21)C1(C)OB(c2ccc(-c3cnn(C)c3)nc2)OC1(C)C. The molecule has 12 nitrogen and oxygen atoms in total. The lowest BCUT2D eigenvalue weighted by molar-refractivity contribution is -0.0591. The number of carbonyl (C=O) groups excluding carboxylic acids is 1. The Kier molecular flexibility index (Phi) is 8.95. The normalized spacial score (nSPS) is 19.9. The first-order valence-corrected chi connectivity index (χ1v) is 18.4. The Morgan fingerprint density at radius 1 is 1.10 bits per heavy atom. The van der Waals surface area contributed by atoms with Crippen molar-refractivity contribution >= 4 is 56.5 Å². The Hall–Kier alpha value is -4.01. The summed E-state index contributed by atoms with van der Waals surface area (Å²) in [5.41, 5.74) is 3.01. The summed E-state index contributed by atoms with van der Waals surface area (Å²) in [7, 11) is 1.30. The van der Waals surface area contributed by atoms with Crippen LogP contribution in [0.15, 0.2) is 64.4 Å². The van der Waals surface area contributed by atoms with Gasteiger partial charge in [0.05, 0.1) is 51.9 Å². The predicted octanol–water partition coefficient (Wildman–Crippen LogP) is 6.10. The van der Waals surface area contributed by atoms with Crippen molar-refractivity contribution in [3.63, 3.8) is 0 Å². The van der Waals surface area contributed by atoms with Crippen LogP contribution in [0.4, 0.5) is 4.79 Å². The number of ether oxygens (including phenoxy) is 1. The molecule has 2 aliphatic rings. The molecule has 0 radical (unpaired) electrons. The van der Waals surface area contributed by atoms with Crippen molar-refractivity contribution in [2.24, 2.45) is 13.0 Å². The Morgan fingerprint density at radius 2 is 1.86 bits per heavy atom. The zero-order valence-corrected chi connectivity index (χ0v) is 32.1. The van der Waals surface area contributed by atoms with Gasteiger partial charge in [0.15, 0.2) is 0 Å². The zero-order valence-electron chi connectivity index (χ0n) is 30.5. The highest BCUT2D eigenvalue weighted by molar-refractivity contribution is 9.10. The van der Waals surface area contributed by atoms with Crippen molar-refractivity contribution < 1.29 is 18.8 Å². The molecule has 0 bridgehead atoms. The number of amides is 1. The lowest BCUT2D eigenvalue weighted by Crippen LogP contribution is -2.54. The van der Waals surface area contributed by atoms with Crippen LogP contribution in [-0.2, 0) is 27.6 Å². The van der Waals surface area contributed by atoms with Crippen molar-refractivity contribution in [3.05, 3.63) is 70.1 Å². The molecule has 5 aromatic rings. The molecule has 2 saturated heterocycles. The van der Waals surface area contributed by atoms with Crippen molar-refractivity contribution in [1.29, 1.82) is 0 Å².